The van der Waals surface area contributed by atoms with Crippen molar-refractivity contribution in [2.24, 2.45) is 0 Å². The molecule has 4 nitrogen and oxygen atoms in total. The van der Waals surface area contributed by atoms with Gasteiger partial charge in [-0.25, -0.2) is 0 Å². The van der Waals surface area contributed by atoms with Gasteiger partial charge in [0, 0.05) is 5.30 Å². The van der Waals surface area contributed by atoms with Crippen LogP contribution in [0.5, 0.6) is 5.75 Å². The number of aldehydes is 1. The van der Waals surface area contributed by atoms with Crippen LogP contribution < -0.4 is 10.0 Å². The summed E-state index contributed by atoms with van der Waals surface area (Å²) in [4.78, 5) is 10.3. The van der Waals surface area contributed by atoms with E-state index in [2.05, 4.69) is 0 Å². The quantitative estimate of drug-likeness (QED) is 0.606. The van der Waals surface area contributed by atoms with Crippen LogP contribution in [-0.4, -0.2) is 20.0 Å². The molecule has 20 heavy (non-hydrogen) atoms. The fraction of sp³-hybridized carbons (Fsp3) is 0.133. The van der Waals surface area contributed by atoms with Crippen molar-refractivity contribution in [1.82, 2.24) is 0 Å². The van der Waals surface area contributed by atoms with Gasteiger partial charge in [-0.1, -0.05) is 30.3 Å². The fourth-order valence-electron chi connectivity index (χ4n) is 1.87. The molecule has 0 amide bonds. The number of benzene rings is 2. The van der Waals surface area contributed by atoms with Gasteiger partial charge in [-0.3, -0.25) is 4.57 Å². The molecule has 104 valence electrons. The smallest absolute Gasteiger partial charge is 0.221 e. The van der Waals surface area contributed by atoms with Crippen molar-refractivity contribution in [2.75, 3.05) is 13.7 Å². The molecule has 0 saturated heterocycles. The molecule has 0 aliphatic rings. The highest BCUT2D eigenvalue weighted by Crippen LogP contribution is 2.29. The zero-order valence-electron chi connectivity index (χ0n) is 11.0. The van der Waals surface area contributed by atoms with Crippen molar-refractivity contribution in [3.8, 4) is 16.9 Å². The van der Waals surface area contributed by atoms with Crippen molar-refractivity contribution in [3.05, 3.63) is 48.5 Å². The molecule has 0 aliphatic carbocycles. The van der Waals surface area contributed by atoms with Gasteiger partial charge >= 0.3 is 0 Å². The third kappa shape index (κ3) is 3.35. The van der Waals surface area contributed by atoms with Crippen LogP contribution in [0.3, 0.4) is 0 Å². The molecule has 0 aromatic heterocycles. The second-order valence-corrected chi connectivity index (χ2v) is 5.44. The Balaban J connectivity index is 2.35. The Hall–Kier alpha value is -1.90. The third-order valence-corrected chi connectivity index (χ3v) is 4.14. The van der Waals surface area contributed by atoms with Crippen LogP contribution in [0, 0.1) is 0 Å². The standard InChI is InChI=1S/C15H15O4P/c1-18-13-8-6-12(7-9-13)14-4-2-3-5-15(14)20(17)19-11-10-16/h2-10,20H,11H2,1H3. The molecule has 0 fully saturated rings. The predicted molar refractivity (Wildman–Crippen MR) is 79.1 cm³/mol. The molecule has 0 aliphatic heterocycles. The molecule has 2 aromatic rings. The van der Waals surface area contributed by atoms with E-state index in [9.17, 15) is 9.36 Å². The second kappa shape index (κ2) is 7.04. The van der Waals surface area contributed by atoms with Gasteiger partial charge < -0.3 is 14.1 Å². The Bertz CT molecular complexity index is 608. The maximum atomic E-state index is 12.1. The average Bonchev–Trinajstić information content (AvgIpc) is 2.52. The molecular formula is C15H15O4P. The lowest BCUT2D eigenvalue weighted by Crippen LogP contribution is -2.03. The number of hydrogen-bond acceptors (Lipinski definition) is 4. The first-order chi connectivity index (χ1) is 9.76. The molecule has 1 unspecified atom stereocenters. The van der Waals surface area contributed by atoms with Crippen LogP contribution in [0.2, 0.25) is 0 Å². The Morgan fingerprint density at radius 3 is 2.45 bits per heavy atom. The SMILES string of the molecule is COc1ccc(-c2ccccc2[PH](=O)OCC=O)cc1. The summed E-state index contributed by atoms with van der Waals surface area (Å²) < 4.78 is 22.3. The second-order valence-electron chi connectivity index (χ2n) is 4.04. The number of carbonyl (C=O) groups is 1. The van der Waals surface area contributed by atoms with Crippen molar-refractivity contribution in [1.29, 1.82) is 0 Å². The lowest BCUT2D eigenvalue weighted by atomic mass is 10.1. The van der Waals surface area contributed by atoms with Crippen molar-refractivity contribution in [2.45, 2.75) is 0 Å². The largest absolute Gasteiger partial charge is 0.497 e. The first kappa shape index (κ1) is 14.5. The van der Waals surface area contributed by atoms with E-state index in [-0.39, 0.29) is 6.61 Å². The van der Waals surface area contributed by atoms with Crippen LogP contribution in [0.25, 0.3) is 11.1 Å². The van der Waals surface area contributed by atoms with Crippen molar-refractivity contribution < 1.29 is 18.6 Å². The minimum absolute atomic E-state index is 0.158. The monoisotopic (exact) mass is 290 g/mol. The molecule has 0 radical (unpaired) electrons. The van der Waals surface area contributed by atoms with Crippen LogP contribution in [-0.2, 0) is 13.9 Å². The maximum absolute atomic E-state index is 12.1. The molecule has 0 N–H and O–H groups in total. The summed E-state index contributed by atoms with van der Waals surface area (Å²) in [5, 5.41) is 0.615. The van der Waals surface area contributed by atoms with Crippen molar-refractivity contribution >= 4 is 19.6 Å². The van der Waals surface area contributed by atoms with E-state index in [4.69, 9.17) is 9.26 Å². The molecule has 0 saturated carbocycles. The Morgan fingerprint density at radius 1 is 1.10 bits per heavy atom. The number of hydrogen-bond donors (Lipinski definition) is 0. The van der Waals surface area contributed by atoms with Crippen LogP contribution in [0.15, 0.2) is 48.5 Å². The number of carbonyl (C=O) groups excluding carboxylic acids is 1. The summed E-state index contributed by atoms with van der Waals surface area (Å²) in [5.74, 6) is 0.760. The van der Waals surface area contributed by atoms with Gasteiger partial charge in [0.2, 0.25) is 8.03 Å². The lowest BCUT2D eigenvalue weighted by Gasteiger charge is -2.10. The van der Waals surface area contributed by atoms with E-state index in [0.29, 0.717) is 11.6 Å². The van der Waals surface area contributed by atoms with Gasteiger partial charge in [-0.15, -0.1) is 0 Å². The molecule has 5 heteroatoms. The summed E-state index contributed by atoms with van der Waals surface area (Å²) in [7, 11) is -0.828. The van der Waals surface area contributed by atoms with E-state index in [1.165, 1.54) is 0 Å². The molecule has 0 heterocycles. The predicted octanol–water partition coefficient (Wildman–Crippen LogP) is 2.68. The normalized spacial score (nSPS) is 11.8. The van der Waals surface area contributed by atoms with Gasteiger partial charge in [0.25, 0.3) is 0 Å². The van der Waals surface area contributed by atoms with Crippen LogP contribution in [0.4, 0.5) is 0 Å². The van der Waals surface area contributed by atoms with Gasteiger partial charge in [0.05, 0.1) is 7.11 Å². The van der Waals surface area contributed by atoms with Gasteiger partial charge in [-0.05, 0) is 29.3 Å². The Morgan fingerprint density at radius 2 is 1.80 bits per heavy atom. The first-order valence-corrected chi connectivity index (χ1v) is 7.42. The summed E-state index contributed by atoms with van der Waals surface area (Å²) in [6.07, 6.45) is 0.596. The summed E-state index contributed by atoms with van der Waals surface area (Å²) in [6, 6.07) is 14.8. The molecule has 2 aromatic carbocycles. The van der Waals surface area contributed by atoms with E-state index in [0.717, 1.165) is 16.9 Å². The molecule has 2 rings (SSSR count). The van der Waals surface area contributed by atoms with Gasteiger partial charge in [0.15, 0.2) is 0 Å². The Kier molecular flexibility index (Phi) is 5.10. The summed E-state index contributed by atoms with van der Waals surface area (Å²) in [6.45, 7) is -0.158. The number of methoxy groups -OCH3 is 1. The van der Waals surface area contributed by atoms with E-state index < -0.39 is 8.03 Å². The molecule has 0 bridgehead atoms. The fourth-order valence-corrected chi connectivity index (χ4v) is 2.93. The highest BCUT2D eigenvalue weighted by Gasteiger charge is 2.11. The minimum atomic E-state index is -2.43. The lowest BCUT2D eigenvalue weighted by molar-refractivity contribution is -0.109. The van der Waals surface area contributed by atoms with Crippen LogP contribution in [0.1, 0.15) is 0 Å². The maximum Gasteiger partial charge on any atom is 0.221 e. The molecular weight excluding hydrogens is 275 g/mol. The number of rotatable bonds is 6. The zero-order chi connectivity index (χ0) is 14.4. The highest BCUT2D eigenvalue weighted by molar-refractivity contribution is 7.48. The number of ether oxygens (including phenoxy) is 1. The van der Waals surface area contributed by atoms with Gasteiger partial charge in [-0.2, -0.15) is 0 Å². The van der Waals surface area contributed by atoms with E-state index in [1.54, 1.807) is 19.2 Å². The molecule has 0 spiro atoms. The van der Waals surface area contributed by atoms with E-state index in [1.807, 2.05) is 36.4 Å². The first-order valence-electron chi connectivity index (χ1n) is 6.10. The summed E-state index contributed by atoms with van der Waals surface area (Å²) >= 11 is 0. The zero-order valence-corrected chi connectivity index (χ0v) is 12.0. The summed E-state index contributed by atoms with van der Waals surface area (Å²) in [5.41, 5.74) is 1.76. The third-order valence-electron chi connectivity index (χ3n) is 2.83. The minimum Gasteiger partial charge on any atom is -0.497 e. The van der Waals surface area contributed by atoms with Crippen molar-refractivity contribution in [3.63, 3.8) is 0 Å². The topological polar surface area (TPSA) is 52.6 Å². The van der Waals surface area contributed by atoms with Gasteiger partial charge in [0.1, 0.15) is 18.6 Å². The average molecular weight is 290 g/mol. The highest BCUT2D eigenvalue weighted by atomic mass is 31.1. The molecule has 1 atom stereocenters. The van der Waals surface area contributed by atoms with E-state index >= 15 is 0 Å². The Labute approximate surface area is 118 Å². The van der Waals surface area contributed by atoms with Crippen LogP contribution >= 0.6 is 8.03 Å².